The highest BCUT2D eigenvalue weighted by Gasteiger charge is 2.29. The van der Waals surface area contributed by atoms with Crippen LogP contribution >= 0.6 is 24.8 Å². The zero-order valence-electron chi connectivity index (χ0n) is 16.9. The van der Waals surface area contributed by atoms with Gasteiger partial charge < -0.3 is 14.8 Å². The molecule has 160 valence electrons. The van der Waals surface area contributed by atoms with E-state index in [1.807, 2.05) is 42.2 Å². The molecule has 0 unspecified atom stereocenters. The molecular formula is C21H26Cl2N6O. The van der Waals surface area contributed by atoms with Gasteiger partial charge in [0.15, 0.2) is 0 Å². The molecule has 9 heteroatoms. The third kappa shape index (κ3) is 4.02. The zero-order chi connectivity index (χ0) is 19.1. The summed E-state index contributed by atoms with van der Waals surface area (Å²) in [5.41, 5.74) is 2.51. The van der Waals surface area contributed by atoms with Crippen molar-refractivity contribution in [3.05, 3.63) is 53.2 Å². The van der Waals surface area contributed by atoms with E-state index in [4.69, 9.17) is 0 Å². The van der Waals surface area contributed by atoms with Gasteiger partial charge in [-0.3, -0.25) is 9.78 Å². The molecule has 0 radical (unpaired) electrons. The minimum absolute atomic E-state index is 0. The van der Waals surface area contributed by atoms with Gasteiger partial charge in [-0.1, -0.05) is 18.2 Å². The monoisotopic (exact) mass is 448 g/mol. The Morgan fingerprint density at radius 3 is 2.67 bits per heavy atom. The summed E-state index contributed by atoms with van der Waals surface area (Å²) in [7, 11) is 0. The number of carbonyl (C=O) groups is 1. The predicted octanol–water partition coefficient (Wildman–Crippen LogP) is 3.10. The number of hydrogen-bond acceptors (Lipinski definition) is 5. The van der Waals surface area contributed by atoms with Crippen molar-refractivity contribution in [2.75, 3.05) is 19.6 Å². The number of carbonyl (C=O) groups excluding carboxylic acids is 1. The topological polar surface area (TPSA) is 75.9 Å². The Labute approximate surface area is 188 Å². The molecule has 4 heterocycles. The van der Waals surface area contributed by atoms with E-state index in [1.165, 1.54) is 0 Å². The molecule has 0 atom stereocenters. The van der Waals surface area contributed by atoms with Crippen LogP contribution in [0.4, 0.5) is 0 Å². The summed E-state index contributed by atoms with van der Waals surface area (Å²) in [6.45, 7) is 6.12. The first-order chi connectivity index (χ1) is 13.7. The largest absolute Gasteiger partial charge is 0.339 e. The third-order valence-electron chi connectivity index (χ3n) is 5.87. The fraction of sp³-hybridized carbons (Fsp3) is 0.429. The highest BCUT2D eigenvalue weighted by molar-refractivity contribution is 6.06. The molecule has 2 aliphatic rings. The predicted molar refractivity (Wildman–Crippen MR) is 121 cm³/mol. The lowest BCUT2D eigenvalue weighted by Gasteiger charge is -2.32. The van der Waals surface area contributed by atoms with Crippen molar-refractivity contribution in [1.29, 1.82) is 0 Å². The minimum atomic E-state index is 0. The summed E-state index contributed by atoms with van der Waals surface area (Å²) in [6, 6.07) is 9.79. The molecule has 0 aliphatic carbocycles. The Hall–Kier alpha value is -2.22. The average Bonchev–Trinajstić information content (AvgIpc) is 3.17. The van der Waals surface area contributed by atoms with Crippen molar-refractivity contribution in [1.82, 2.24) is 30.0 Å². The van der Waals surface area contributed by atoms with Crippen LogP contribution in [0.25, 0.3) is 10.9 Å². The Bertz CT molecular complexity index is 1050. The molecule has 0 saturated carbocycles. The summed E-state index contributed by atoms with van der Waals surface area (Å²) in [5.74, 6) is 2.60. The highest BCUT2D eigenvalue weighted by atomic mass is 35.5. The Morgan fingerprint density at radius 2 is 1.87 bits per heavy atom. The number of amides is 1. The van der Waals surface area contributed by atoms with Crippen molar-refractivity contribution in [2.24, 2.45) is 0 Å². The minimum Gasteiger partial charge on any atom is -0.339 e. The lowest BCUT2D eigenvalue weighted by Crippen LogP contribution is -2.39. The van der Waals surface area contributed by atoms with Gasteiger partial charge in [0.05, 0.1) is 17.6 Å². The van der Waals surface area contributed by atoms with E-state index in [-0.39, 0.29) is 30.7 Å². The molecule has 30 heavy (non-hydrogen) atoms. The maximum atomic E-state index is 13.2. The molecule has 1 fully saturated rings. The number of fused-ring (bicyclic) bond motifs is 2. The molecule has 5 rings (SSSR count). The van der Waals surface area contributed by atoms with Crippen LogP contribution < -0.4 is 5.32 Å². The number of halogens is 2. The van der Waals surface area contributed by atoms with Gasteiger partial charge in [0.2, 0.25) is 0 Å². The maximum absolute atomic E-state index is 13.2. The van der Waals surface area contributed by atoms with E-state index in [0.717, 1.165) is 79.4 Å². The van der Waals surface area contributed by atoms with E-state index in [2.05, 4.69) is 25.1 Å². The van der Waals surface area contributed by atoms with Gasteiger partial charge in [0.25, 0.3) is 5.91 Å². The summed E-state index contributed by atoms with van der Waals surface area (Å²) in [5, 5.41) is 13.1. The van der Waals surface area contributed by atoms with Crippen molar-refractivity contribution in [3.8, 4) is 0 Å². The first-order valence-electron chi connectivity index (χ1n) is 9.99. The Morgan fingerprint density at radius 1 is 1.10 bits per heavy atom. The van der Waals surface area contributed by atoms with Crippen molar-refractivity contribution in [2.45, 2.75) is 38.8 Å². The summed E-state index contributed by atoms with van der Waals surface area (Å²) >= 11 is 0. The lowest BCUT2D eigenvalue weighted by atomic mass is 9.95. The van der Waals surface area contributed by atoms with Crippen molar-refractivity contribution in [3.63, 3.8) is 0 Å². The number of hydrogen-bond donors (Lipinski definition) is 1. The van der Waals surface area contributed by atoms with Crippen LogP contribution in [0.5, 0.6) is 0 Å². The van der Waals surface area contributed by atoms with Gasteiger partial charge in [-0.05, 0) is 31.9 Å². The van der Waals surface area contributed by atoms with Gasteiger partial charge >= 0.3 is 0 Å². The van der Waals surface area contributed by atoms with Crippen molar-refractivity contribution < 1.29 is 4.79 Å². The second-order valence-corrected chi connectivity index (χ2v) is 7.70. The van der Waals surface area contributed by atoms with Gasteiger partial charge in [0, 0.05) is 43.2 Å². The molecule has 2 aliphatic heterocycles. The number of benzene rings is 1. The van der Waals surface area contributed by atoms with E-state index in [0.29, 0.717) is 5.92 Å². The molecule has 2 aromatic heterocycles. The normalized spacial score (nSPS) is 16.5. The van der Waals surface area contributed by atoms with Crippen LogP contribution in [0.2, 0.25) is 0 Å². The molecule has 1 saturated heterocycles. The van der Waals surface area contributed by atoms with Gasteiger partial charge in [-0.15, -0.1) is 35.0 Å². The first-order valence-corrected chi connectivity index (χ1v) is 9.99. The Balaban J connectivity index is 0.00000128. The molecule has 1 N–H and O–H groups in total. The van der Waals surface area contributed by atoms with Crippen LogP contribution in [0.15, 0.2) is 30.3 Å². The SMILES string of the molecule is Cc1cc(C(=O)N2CCC(c3nnc4n3CCNC4)CC2)c2ccccc2n1.Cl.Cl. The van der Waals surface area contributed by atoms with E-state index in [9.17, 15) is 4.79 Å². The summed E-state index contributed by atoms with van der Waals surface area (Å²) in [6.07, 6.45) is 1.86. The fourth-order valence-corrected chi connectivity index (χ4v) is 4.41. The fourth-order valence-electron chi connectivity index (χ4n) is 4.41. The molecular weight excluding hydrogens is 423 g/mol. The molecule has 1 amide bonds. The number of rotatable bonds is 2. The smallest absolute Gasteiger partial charge is 0.254 e. The highest BCUT2D eigenvalue weighted by Crippen LogP contribution is 2.29. The summed E-state index contributed by atoms with van der Waals surface area (Å²) in [4.78, 5) is 19.8. The van der Waals surface area contributed by atoms with Crippen LogP contribution in [0.1, 0.15) is 46.5 Å². The van der Waals surface area contributed by atoms with Crippen LogP contribution in [-0.4, -0.2) is 50.2 Å². The number of para-hydroxylation sites is 1. The van der Waals surface area contributed by atoms with Crippen LogP contribution in [0, 0.1) is 6.92 Å². The van der Waals surface area contributed by atoms with E-state index in [1.54, 1.807) is 0 Å². The van der Waals surface area contributed by atoms with Gasteiger partial charge in [-0.25, -0.2) is 0 Å². The van der Waals surface area contributed by atoms with Crippen LogP contribution in [-0.2, 0) is 13.1 Å². The number of nitrogens with one attached hydrogen (secondary N) is 1. The molecule has 0 bridgehead atoms. The van der Waals surface area contributed by atoms with Gasteiger partial charge in [-0.2, -0.15) is 0 Å². The quantitative estimate of drug-likeness (QED) is 0.651. The number of piperidine rings is 1. The second kappa shape index (κ2) is 9.29. The molecule has 0 spiro atoms. The number of pyridine rings is 1. The first kappa shape index (κ1) is 22.5. The number of aryl methyl sites for hydroxylation is 1. The number of nitrogens with zero attached hydrogens (tertiary/aromatic N) is 5. The lowest BCUT2D eigenvalue weighted by molar-refractivity contribution is 0.0712. The molecule has 3 aromatic rings. The zero-order valence-corrected chi connectivity index (χ0v) is 18.5. The third-order valence-corrected chi connectivity index (χ3v) is 5.87. The summed E-state index contributed by atoms with van der Waals surface area (Å²) < 4.78 is 2.26. The second-order valence-electron chi connectivity index (χ2n) is 7.70. The number of aromatic nitrogens is 4. The van der Waals surface area contributed by atoms with Crippen LogP contribution in [0.3, 0.4) is 0 Å². The standard InChI is InChI=1S/C21H24N6O.2ClH/c1-14-12-17(16-4-2-3-5-18(16)23-14)21(28)26-9-6-15(7-10-26)20-25-24-19-13-22-8-11-27(19)20;;/h2-5,12,15,22H,6-11,13H2,1H3;2*1H. The van der Waals surface area contributed by atoms with E-state index < -0.39 is 0 Å². The van der Waals surface area contributed by atoms with E-state index >= 15 is 0 Å². The molecule has 1 aromatic carbocycles. The average molecular weight is 449 g/mol. The molecule has 7 nitrogen and oxygen atoms in total. The van der Waals surface area contributed by atoms with Crippen molar-refractivity contribution >= 4 is 41.6 Å². The maximum Gasteiger partial charge on any atom is 0.254 e. The number of likely N-dealkylation sites (tertiary alicyclic amines) is 1. The van der Waals surface area contributed by atoms with Gasteiger partial charge in [0.1, 0.15) is 11.6 Å². The Kier molecular flexibility index (Phi) is 6.95.